The largest absolute Gasteiger partial charge is 0.459 e. The molecule has 3 rings (SSSR count). The normalized spacial score (nSPS) is 12.8. The Balaban J connectivity index is 1.86. The molecule has 1 atom stereocenters. The van der Waals surface area contributed by atoms with Crippen LogP contribution in [0.3, 0.4) is 0 Å². The summed E-state index contributed by atoms with van der Waals surface area (Å²) < 4.78 is 18.9. The summed E-state index contributed by atoms with van der Waals surface area (Å²) in [6.45, 7) is 2.04. The minimum atomic E-state index is -0.274. The van der Waals surface area contributed by atoms with Gasteiger partial charge in [0.15, 0.2) is 0 Å². The van der Waals surface area contributed by atoms with Crippen molar-refractivity contribution < 1.29 is 8.81 Å². The SMILES string of the molecule is Cc1ccc2oc(C(N)Cc3cccc(F)c3)cc2c1. The fourth-order valence-electron chi connectivity index (χ4n) is 2.38. The van der Waals surface area contributed by atoms with Crippen LogP contribution in [0.15, 0.2) is 52.9 Å². The van der Waals surface area contributed by atoms with E-state index in [2.05, 4.69) is 6.07 Å². The molecule has 0 radical (unpaired) electrons. The maximum Gasteiger partial charge on any atom is 0.134 e. The molecule has 0 fully saturated rings. The lowest BCUT2D eigenvalue weighted by molar-refractivity contribution is 0.493. The molecule has 0 spiro atoms. The molecule has 0 aliphatic carbocycles. The van der Waals surface area contributed by atoms with Gasteiger partial charge in [0.2, 0.25) is 0 Å². The van der Waals surface area contributed by atoms with Gasteiger partial charge in [-0.1, -0.05) is 23.8 Å². The first-order valence-electron chi connectivity index (χ1n) is 6.62. The zero-order valence-corrected chi connectivity index (χ0v) is 11.3. The second-order valence-electron chi connectivity index (χ2n) is 5.13. The fraction of sp³-hybridized carbons (Fsp3) is 0.176. The van der Waals surface area contributed by atoms with Crippen molar-refractivity contribution in [1.82, 2.24) is 0 Å². The molecule has 0 aliphatic heterocycles. The van der Waals surface area contributed by atoms with E-state index in [1.54, 1.807) is 6.07 Å². The second kappa shape index (κ2) is 5.10. The number of furan rings is 1. The second-order valence-corrected chi connectivity index (χ2v) is 5.13. The first-order chi connectivity index (χ1) is 9.61. The molecule has 2 aromatic carbocycles. The van der Waals surface area contributed by atoms with Crippen molar-refractivity contribution in [3.8, 4) is 0 Å². The summed E-state index contributed by atoms with van der Waals surface area (Å²) >= 11 is 0. The number of rotatable bonds is 3. The van der Waals surface area contributed by atoms with Crippen molar-refractivity contribution >= 4 is 11.0 Å². The molecular weight excluding hydrogens is 253 g/mol. The molecule has 0 bridgehead atoms. The first-order valence-corrected chi connectivity index (χ1v) is 6.62. The van der Waals surface area contributed by atoms with E-state index in [0.717, 1.165) is 22.3 Å². The highest BCUT2D eigenvalue weighted by Crippen LogP contribution is 2.25. The average molecular weight is 269 g/mol. The fourth-order valence-corrected chi connectivity index (χ4v) is 2.38. The summed E-state index contributed by atoms with van der Waals surface area (Å²) in [5.41, 5.74) is 9.05. The molecule has 0 saturated heterocycles. The molecule has 3 heteroatoms. The van der Waals surface area contributed by atoms with E-state index in [1.165, 1.54) is 17.7 Å². The number of fused-ring (bicyclic) bond motifs is 1. The van der Waals surface area contributed by atoms with Gasteiger partial charge in [-0.3, -0.25) is 0 Å². The summed E-state index contributed by atoms with van der Waals surface area (Å²) in [6.07, 6.45) is 0.552. The monoisotopic (exact) mass is 269 g/mol. The van der Waals surface area contributed by atoms with Crippen LogP contribution in [0.25, 0.3) is 11.0 Å². The minimum Gasteiger partial charge on any atom is -0.459 e. The van der Waals surface area contributed by atoms with Crippen LogP contribution in [-0.2, 0) is 6.42 Å². The molecule has 0 amide bonds. The summed E-state index contributed by atoms with van der Waals surface area (Å²) in [7, 11) is 0. The Morgan fingerprint density at radius 3 is 2.80 bits per heavy atom. The Morgan fingerprint density at radius 1 is 1.15 bits per heavy atom. The van der Waals surface area contributed by atoms with E-state index in [9.17, 15) is 4.39 Å². The van der Waals surface area contributed by atoms with Gasteiger partial charge in [0.1, 0.15) is 17.2 Å². The van der Waals surface area contributed by atoms with Gasteiger partial charge in [-0.05, 0) is 49.2 Å². The topological polar surface area (TPSA) is 39.2 Å². The van der Waals surface area contributed by atoms with Crippen molar-refractivity contribution in [1.29, 1.82) is 0 Å². The van der Waals surface area contributed by atoms with Gasteiger partial charge in [0, 0.05) is 5.39 Å². The molecule has 0 aliphatic rings. The highest BCUT2D eigenvalue weighted by Gasteiger charge is 2.13. The lowest BCUT2D eigenvalue weighted by atomic mass is 10.0. The number of halogens is 1. The van der Waals surface area contributed by atoms with Crippen molar-refractivity contribution in [2.75, 3.05) is 0 Å². The molecule has 20 heavy (non-hydrogen) atoms. The van der Waals surface area contributed by atoms with Gasteiger partial charge >= 0.3 is 0 Å². The molecule has 3 aromatic rings. The zero-order valence-electron chi connectivity index (χ0n) is 11.3. The lowest BCUT2D eigenvalue weighted by Gasteiger charge is -2.08. The zero-order chi connectivity index (χ0) is 14.1. The van der Waals surface area contributed by atoms with Crippen LogP contribution in [-0.4, -0.2) is 0 Å². The van der Waals surface area contributed by atoms with Crippen LogP contribution >= 0.6 is 0 Å². The number of nitrogens with two attached hydrogens (primary N) is 1. The van der Waals surface area contributed by atoms with Gasteiger partial charge < -0.3 is 10.2 Å². The van der Waals surface area contributed by atoms with Crippen LogP contribution in [0.5, 0.6) is 0 Å². The molecule has 2 N–H and O–H groups in total. The Bertz CT molecular complexity index is 748. The summed E-state index contributed by atoms with van der Waals surface area (Å²) in [5, 5.41) is 1.05. The highest BCUT2D eigenvalue weighted by molar-refractivity contribution is 5.78. The third-order valence-corrected chi connectivity index (χ3v) is 3.40. The average Bonchev–Trinajstić information content (AvgIpc) is 2.81. The molecule has 1 unspecified atom stereocenters. The van der Waals surface area contributed by atoms with Crippen LogP contribution in [0, 0.1) is 12.7 Å². The molecule has 1 heterocycles. The molecule has 1 aromatic heterocycles. The van der Waals surface area contributed by atoms with Crippen LogP contribution < -0.4 is 5.73 Å². The Labute approximate surface area is 117 Å². The molecule has 0 saturated carbocycles. The van der Waals surface area contributed by atoms with Crippen LogP contribution in [0.4, 0.5) is 4.39 Å². The Kier molecular flexibility index (Phi) is 3.28. The number of hydrogen-bond donors (Lipinski definition) is 1. The number of hydrogen-bond acceptors (Lipinski definition) is 2. The predicted octanol–water partition coefficient (Wildman–Crippen LogP) is 4.12. The summed E-state index contributed by atoms with van der Waals surface area (Å²) in [5.74, 6) is 0.491. The van der Waals surface area contributed by atoms with Crippen molar-refractivity contribution in [2.45, 2.75) is 19.4 Å². The van der Waals surface area contributed by atoms with Crippen molar-refractivity contribution in [3.05, 3.63) is 71.2 Å². The summed E-state index contributed by atoms with van der Waals surface area (Å²) in [6, 6.07) is 14.2. The third kappa shape index (κ3) is 2.58. The van der Waals surface area contributed by atoms with Crippen molar-refractivity contribution in [3.63, 3.8) is 0 Å². The quantitative estimate of drug-likeness (QED) is 0.776. The van der Waals surface area contributed by atoms with E-state index < -0.39 is 0 Å². The number of benzene rings is 2. The third-order valence-electron chi connectivity index (χ3n) is 3.40. The maximum absolute atomic E-state index is 13.2. The van der Waals surface area contributed by atoms with Crippen molar-refractivity contribution in [2.24, 2.45) is 5.73 Å². The Morgan fingerprint density at radius 2 is 2.00 bits per heavy atom. The molecular formula is C17H16FNO. The maximum atomic E-state index is 13.2. The van der Waals surface area contributed by atoms with Gasteiger partial charge in [0.05, 0.1) is 6.04 Å². The summed E-state index contributed by atoms with van der Waals surface area (Å²) in [4.78, 5) is 0. The highest BCUT2D eigenvalue weighted by atomic mass is 19.1. The van der Waals surface area contributed by atoms with E-state index >= 15 is 0 Å². The van der Waals surface area contributed by atoms with E-state index in [-0.39, 0.29) is 11.9 Å². The van der Waals surface area contributed by atoms with E-state index in [0.29, 0.717) is 6.42 Å². The molecule has 102 valence electrons. The predicted molar refractivity (Wildman–Crippen MR) is 78.0 cm³/mol. The van der Waals surface area contributed by atoms with Gasteiger partial charge in [-0.2, -0.15) is 0 Å². The van der Waals surface area contributed by atoms with E-state index in [1.807, 2.05) is 31.2 Å². The lowest BCUT2D eigenvalue weighted by Crippen LogP contribution is -2.12. The van der Waals surface area contributed by atoms with Gasteiger partial charge in [-0.15, -0.1) is 0 Å². The van der Waals surface area contributed by atoms with E-state index in [4.69, 9.17) is 10.2 Å². The Hall–Kier alpha value is -2.13. The van der Waals surface area contributed by atoms with Gasteiger partial charge in [0.25, 0.3) is 0 Å². The van der Waals surface area contributed by atoms with Crippen LogP contribution in [0.1, 0.15) is 22.9 Å². The smallest absolute Gasteiger partial charge is 0.134 e. The molecule has 2 nitrogen and oxygen atoms in total. The van der Waals surface area contributed by atoms with Gasteiger partial charge in [-0.25, -0.2) is 4.39 Å². The van der Waals surface area contributed by atoms with Crippen LogP contribution in [0.2, 0.25) is 0 Å². The minimum absolute atomic E-state index is 0.241. The standard InChI is InChI=1S/C17H16FNO/c1-11-5-6-16-13(7-11)10-17(20-16)15(19)9-12-3-2-4-14(18)8-12/h2-8,10,15H,9,19H2,1H3. The first kappa shape index (κ1) is 12.9. The number of aryl methyl sites for hydroxylation is 1.